The van der Waals surface area contributed by atoms with Gasteiger partial charge in [-0.15, -0.1) is 0 Å². The summed E-state index contributed by atoms with van der Waals surface area (Å²) in [4.78, 5) is 7.93. The lowest BCUT2D eigenvalue weighted by Crippen LogP contribution is -2.15. The molecule has 2 rings (SSSR count). The Morgan fingerprint density at radius 1 is 1.24 bits per heavy atom. The minimum atomic E-state index is -3.82. The van der Waals surface area contributed by atoms with E-state index in [9.17, 15) is 8.42 Å². The topological polar surface area (TPSA) is 105 Å². The van der Waals surface area contributed by atoms with Gasteiger partial charge in [-0.2, -0.15) is 10.2 Å². The molecule has 0 atom stereocenters. The van der Waals surface area contributed by atoms with Crippen molar-refractivity contribution in [3.05, 3.63) is 41.6 Å². The van der Waals surface area contributed by atoms with Gasteiger partial charge in [0.05, 0.1) is 23.6 Å². The van der Waals surface area contributed by atoms with Gasteiger partial charge in [-0.25, -0.2) is 18.1 Å². The second-order valence-electron chi connectivity index (χ2n) is 4.12. The maximum atomic E-state index is 12.2. The number of benzene rings is 1. The molecule has 21 heavy (non-hydrogen) atoms. The molecule has 0 radical (unpaired) electrons. The molecule has 0 aliphatic carbocycles. The predicted octanol–water partition coefficient (Wildman–Crippen LogP) is 1.47. The summed E-state index contributed by atoms with van der Waals surface area (Å²) in [6.07, 6.45) is 0. The number of aryl methyl sites for hydroxylation is 1. The van der Waals surface area contributed by atoms with Crippen LogP contribution in [-0.2, 0) is 10.0 Å². The molecule has 0 amide bonds. The van der Waals surface area contributed by atoms with Crippen LogP contribution < -0.4 is 9.46 Å². The second-order valence-corrected chi connectivity index (χ2v) is 5.80. The van der Waals surface area contributed by atoms with Crippen molar-refractivity contribution >= 4 is 16.0 Å². The fourth-order valence-corrected chi connectivity index (χ4v) is 2.52. The molecule has 2 aromatic rings. The van der Waals surface area contributed by atoms with Crippen molar-refractivity contribution in [1.29, 1.82) is 5.26 Å². The summed E-state index contributed by atoms with van der Waals surface area (Å²) in [6, 6.07) is 9.03. The molecular formula is C13H12N4O3S. The van der Waals surface area contributed by atoms with Crippen LogP contribution in [0.5, 0.6) is 5.88 Å². The number of rotatable bonds is 4. The first-order valence-corrected chi connectivity index (χ1v) is 7.35. The first-order valence-electron chi connectivity index (χ1n) is 5.87. The Labute approximate surface area is 122 Å². The zero-order chi connectivity index (χ0) is 15.5. The van der Waals surface area contributed by atoms with Crippen molar-refractivity contribution in [3.63, 3.8) is 0 Å². The monoisotopic (exact) mass is 304 g/mol. The normalized spacial score (nSPS) is 10.7. The van der Waals surface area contributed by atoms with E-state index in [0.29, 0.717) is 11.3 Å². The zero-order valence-electron chi connectivity index (χ0n) is 11.4. The number of aromatic nitrogens is 2. The quantitative estimate of drug-likeness (QED) is 0.917. The highest BCUT2D eigenvalue weighted by atomic mass is 32.2. The van der Waals surface area contributed by atoms with Gasteiger partial charge in [-0.05, 0) is 31.2 Å². The first kappa shape index (κ1) is 14.7. The number of sulfonamides is 1. The molecule has 108 valence electrons. The van der Waals surface area contributed by atoms with Gasteiger partial charge in [-0.3, -0.25) is 0 Å². The van der Waals surface area contributed by atoms with Crippen LogP contribution >= 0.6 is 0 Å². The molecule has 1 heterocycles. The van der Waals surface area contributed by atoms with Crippen LogP contribution in [0.4, 0.5) is 5.95 Å². The van der Waals surface area contributed by atoms with Crippen LogP contribution in [0.25, 0.3) is 0 Å². The van der Waals surface area contributed by atoms with E-state index in [4.69, 9.17) is 10.00 Å². The van der Waals surface area contributed by atoms with Crippen molar-refractivity contribution in [2.24, 2.45) is 0 Å². The summed E-state index contributed by atoms with van der Waals surface area (Å²) in [6.45, 7) is 1.70. The standard InChI is InChI=1S/C13H12N4O3S/c1-9-7-12(20-2)16-13(15-9)17-21(18,19)11-5-3-10(8-14)4-6-11/h3-7H,1-2H3,(H,15,16,17). The number of ether oxygens (including phenoxy) is 1. The Bertz CT molecular complexity index is 795. The van der Waals surface area contributed by atoms with Crippen LogP contribution in [0.15, 0.2) is 35.2 Å². The molecule has 0 bridgehead atoms. The third-order valence-electron chi connectivity index (χ3n) is 2.56. The Hall–Kier alpha value is -2.66. The van der Waals surface area contributed by atoms with E-state index in [1.807, 2.05) is 6.07 Å². The van der Waals surface area contributed by atoms with Gasteiger partial charge in [0, 0.05) is 11.8 Å². The Kier molecular flexibility index (Phi) is 4.05. The van der Waals surface area contributed by atoms with E-state index >= 15 is 0 Å². The minimum absolute atomic E-state index is 0.0190. The molecule has 7 nitrogen and oxygen atoms in total. The van der Waals surface area contributed by atoms with Gasteiger partial charge in [0.15, 0.2) is 0 Å². The molecule has 0 fully saturated rings. The maximum Gasteiger partial charge on any atom is 0.264 e. The van der Waals surface area contributed by atoms with Crippen molar-refractivity contribution < 1.29 is 13.2 Å². The number of nitrogens with zero attached hydrogens (tertiary/aromatic N) is 3. The van der Waals surface area contributed by atoms with Crippen molar-refractivity contribution in [2.45, 2.75) is 11.8 Å². The summed E-state index contributed by atoms with van der Waals surface area (Å²) in [5, 5.41) is 8.71. The van der Waals surface area contributed by atoms with Gasteiger partial charge in [0.2, 0.25) is 11.8 Å². The molecule has 0 saturated carbocycles. The van der Waals surface area contributed by atoms with Crippen LogP contribution in [0.3, 0.4) is 0 Å². The Balaban J connectivity index is 2.32. The van der Waals surface area contributed by atoms with E-state index in [1.54, 1.807) is 13.0 Å². The van der Waals surface area contributed by atoms with Gasteiger partial charge in [0.1, 0.15) is 0 Å². The van der Waals surface area contributed by atoms with Crippen LogP contribution in [0, 0.1) is 18.3 Å². The molecule has 0 aliphatic rings. The van der Waals surface area contributed by atoms with Crippen LogP contribution in [0.2, 0.25) is 0 Å². The lowest BCUT2D eigenvalue weighted by atomic mass is 10.2. The van der Waals surface area contributed by atoms with E-state index in [-0.39, 0.29) is 16.7 Å². The highest BCUT2D eigenvalue weighted by molar-refractivity contribution is 7.92. The Morgan fingerprint density at radius 2 is 1.90 bits per heavy atom. The molecule has 0 unspecified atom stereocenters. The van der Waals surface area contributed by atoms with Gasteiger partial charge in [0.25, 0.3) is 10.0 Å². The molecular weight excluding hydrogens is 292 g/mol. The van der Waals surface area contributed by atoms with Crippen molar-refractivity contribution in [1.82, 2.24) is 9.97 Å². The molecule has 0 spiro atoms. The maximum absolute atomic E-state index is 12.2. The molecule has 1 aromatic carbocycles. The SMILES string of the molecule is COc1cc(C)nc(NS(=O)(=O)c2ccc(C#N)cc2)n1. The number of nitrogens with one attached hydrogen (secondary N) is 1. The smallest absolute Gasteiger partial charge is 0.264 e. The van der Waals surface area contributed by atoms with Crippen molar-refractivity contribution in [2.75, 3.05) is 11.8 Å². The number of nitriles is 1. The molecule has 1 N–H and O–H groups in total. The largest absolute Gasteiger partial charge is 0.481 e. The third kappa shape index (κ3) is 3.46. The molecule has 0 aliphatic heterocycles. The van der Waals surface area contributed by atoms with Gasteiger partial charge in [-0.1, -0.05) is 0 Å². The van der Waals surface area contributed by atoms with Gasteiger partial charge >= 0.3 is 0 Å². The number of hydrogen-bond donors (Lipinski definition) is 1. The average molecular weight is 304 g/mol. The molecule has 0 saturated heterocycles. The van der Waals surface area contributed by atoms with E-state index < -0.39 is 10.0 Å². The summed E-state index contributed by atoms with van der Waals surface area (Å²) in [7, 11) is -2.39. The fraction of sp³-hybridized carbons (Fsp3) is 0.154. The molecule has 8 heteroatoms. The number of hydrogen-bond acceptors (Lipinski definition) is 6. The summed E-state index contributed by atoms with van der Waals surface area (Å²) in [5.74, 6) is 0.191. The lowest BCUT2D eigenvalue weighted by molar-refractivity contribution is 0.397. The summed E-state index contributed by atoms with van der Waals surface area (Å²) < 4.78 is 31.6. The number of methoxy groups -OCH3 is 1. The summed E-state index contributed by atoms with van der Waals surface area (Å²) in [5.41, 5.74) is 0.946. The number of anilines is 1. The third-order valence-corrected chi connectivity index (χ3v) is 3.90. The highest BCUT2D eigenvalue weighted by Gasteiger charge is 2.16. The Morgan fingerprint density at radius 3 is 2.48 bits per heavy atom. The fourth-order valence-electron chi connectivity index (χ4n) is 1.58. The highest BCUT2D eigenvalue weighted by Crippen LogP contribution is 2.16. The van der Waals surface area contributed by atoms with E-state index in [0.717, 1.165) is 0 Å². The zero-order valence-corrected chi connectivity index (χ0v) is 12.2. The lowest BCUT2D eigenvalue weighted by Gasteiger charge is -2.08. The summed E-state index contributed by atoms with van der Waals surface area (Å²) >= 11 is 0. The molecule has 1 aromatic heterocycles. The van der Waals surface area contributed by atoms with Crippen LogP contribution in [-0.4, -0.2) is 25.5 Å². The predicted molar refractivity (Wildman–Crippen MR) is 75.3 cm³/mol. The van der Waals surface area contributed by atoms with Crippen LogP contribution in [0.1, 0.15) is 11.3 Å². The van der Waals surface area contributed by atoms with E-state index in [1.165, 1.54) is 31.4 Å². The first-order chi connectivity index (χ1) is 9.94. The average Bonchev–Trinajstić information content (AvgIpc) is 2.46. The van der Waals surface area contributed by atoms with Gasteiger partial charge < -0.3 is 4.74 Å². The minimum Gasteiger partial charge on any atom is -0.481 e. The van der Waals surface area contributed by atoms with E-state index in [2.05, 4.69) is 14.7 Å². The second kappa shape index (κ2) is 5.76. The van der Waals surface area contributed by atoms with Crippen molar-refractivity contribution in [3.8, 4) is 11.9 Å².